The molecule has 0 spiro atoms. The molecule has 3 nitrogen and oxygen atoms in total. The molecule has 1 heterocycles. The van der Waals surface area contributed by atoms with Crippen molar-refractivity contribution in [3.63, 3.8) is 0 Å². The first kappa shape index (κ1) is 17.2. The van der Waals surface area contributed by atoms with Gasteiger partial charge in [-0.25, -0.2) is 4.39 Å². The first-order chi connectivity index (χ1) is 12.7. The molecule has 1 aromatic heterocycles. The number of nitrogens with zero attached hydrogens (tertiary/aromatic N) is 2. The third-order valence-electron chi connectivity index (χ3n) is 5.94. The van der Waals surface area contributed by atoms with Crippen molar-refractivity contribution in [1.29, 1.82) is 5.26 Å². The molecule has 4 rings (SSSR count). The molecule has 26 heavy (non-hydrogen) atoms. The molecule has 0 atom stereocenters. The van der Waals surface area contributed by atoms with E-state index in [0.717, 1.165) is 43.5 Å². The van der Waals surface area contributed by atoms with Gasteiger partial charge in [0.2, 0.25) is 0 Å². The molecule has 0 saturated heterocycles. The summed E-state index contributed by atoms with van der Waals surface area (Å²) in [6.45, 7) is 0.726. The molecule has 0 amide bonds. The Labute approximate surface area is 153 Å². The fourth-order valence-electron chi connectivity index (χ4n) is 3.98. The van der Waals surface area contributed by atoms with Gasteiger partial charge < -0.3 is 4.74 Å². The molecule has 0 bridgehead atoms. The lowest BCUT2D eigenvalue weighted by Crippen LogP contribution is -2.41. The van der Waals surface area contributed by atoms with Gasteiger partial charge in [-0.05, 0) is 62.1 Å². The number of aromatic nitrogens is 1. The number of benzene rings is 1. The van der Waals surface area contributed by atoms with Crippen LogP contribution in [-0.2, 0) is 15.8 Å². The lowest BCUT2D eigenvalue weighted by atomic mass is 9.65. The average Bonchev–Trinajstić information content (AvgIpc) is 3.53. The zero-order chi connectivity index (χ0) is 18.0. The van der Waals surface area contributed by atoms with Gasteiger partial charge in [0.25, 0.3) is 0 Å². The molecule has 2 saturated carbocycles. The highest BCUT2D eigenvalue weighted by molar-refractivity contribution is 5.34. The van der Waals surface area contributed by atoms with Crippen molar-refractivity contribution in [2.24, 2.45) is 5.92 Å². The van der Waals surface area contributed by atoms with E-state index in [1.165, 1.54) is 25.1 Å². The van der Waals surface area contributed by atoms with E-state index in [9.17, 15) is 9.65 Å². The summed E-state index contributed by atoms with van der Waals surface area (Å²) < 4.78 is 19.8. The Morgan fingerprint density at radius 2 is 1.81 bits per heavy atom. The normalized spacial score (nSPS) is 28.5. The smallest absolute Gasteiger partial charge is 0.141 e. The second-order valence-electron chi connectivity index (χ2n) is 7.67. The zero-order valence-corrected chi connectivity index (χ0v) is 14.8. The minimum Gasteiger partial charge on any atom is -0.368 e. The van der Waals surface area contributed by atoms with Crippen LogP contribution in [0.15, 0.2) is 48.7 Å². The standard InChI is InChI=1S/C22H23FN2O/c23-19-8-9-20(25-14-19)22(26-15-17-6-7-17)12-10-21(16-24,11-13-22)18-4-2-1-3-5-18/h1-5,8-9,14,17H,6-7,10-13,15H2/t21-,22+. The van der Waals surface area contributed by atoms with Crippen LogP contribution in [0.5, 0.6) is 0 Å². The molecule has 2 aliphatic rings. The van der Waals surface area contributed by atoms with E-state index in [1.807, 2.05) is 30.3 Å². The maximum atomic E-state index is 13.4. The Morgan fingerprint density at radius 1 is 1.08 bits per heavy atom. The van der Waals surface area contributed by atoms with Gasteiger partial charge >= 0.3 is 0 Å². The van der Waals surface area contributed by atoms with Crippen molar-refractivity contribution >= 4 is 0 Å². The predicted molar refractivity (Wildman–Crippen MR) is 96.8 cm³/mol. The predicted octanol–water partition coefficient (Wildman–Crippen LogP) is 4.88. The van der Waals surface area contributed by atoms with Crippen LogP contribution in [-0.4, -0.2) is 11.6 Å². The summed E-state index contributed by atoms with van der Waals surface area (Å²) in [4.78, 5) is 4.34. The van der Waals surface area contributed by atoms with Crippen molar-refractivity contribution in [3.8, 4) is 6.07 Å². The topological polar surface area (TPSA) is 45.9 Å². The van der Waals surface area contributed by atoms with Gasteiger partial charge in [-0.3, -0.25) is 4.98 Å². The first-order valence-corrected chi connectivity index (χ1v) is 9.39. The van der Waals surface area contributed by atoms with E-state index in [0.29, 0.717) is 5.92 Å². The molecule has 0 unspecified atom stereocenters. The van der Waals surface area contributed by atoms with E-state index in [4.69, 9.17) is 4.74 Å². The van der Waals surface area contributed by atoms with Crippen LogP contribution in [0, 0.1) is 23.1 Å². The van der Waals surface area contributed by atoms with E-state index < -0.39 is 11.0 Å². The summed E-state index contributed by atoms with van der Waals surface area (Å²) >= 11 is 0. The summed E-state index contributed by atoms with van der Waals surface area (Å²) in [5.41, 5.74) is 0.878. The lowest BCUT2D eigenvalue weighted by Gasteiger charge is -2.43. The molecule has 2 aliphatic carbocycles. The quantitative estimate of drug-likeness (QED) is 0.772. The van der Waals surface area contributed by atoms with Crippen LogP contribution in [0.3, 0.4) is 0 Å². The van der Waals surface area contributed by atoms with Gasteiger partial charge in [-0.2, -0.15) is 5.26 Å². The summed E-state index contributed by atoms with van der Waals surface area (Å²) in [5.74, 6) is 0.307. The van der Waals surface area contributed by atoms with E-state index in [2.05, 4.69) is 11.1 Å². The van der Waals surface area contributed by atoms with E-state index >= 15 is 0 Å². The summed E-state index contributed by atoms with van der Waals surface area (Å²) in [6.07, 6.45) is 6.59. The van der Waals surface area contributed by atoms with E-state index in [1.54, 1.807) is 6.07 Å². The Hall–Kier alpha value is -2.25. The SMILES string of the molecule is N#C[C@]1(c2ccccc2)CC[C@](OCC2CC2)(c2ccc(F)cn2)CC1. The average molecular weight is 350 g/mol. The number of hydrogen-bond acceptors (Lipinski definition) is 3. The minimum absolute atomic E-state index is 0.336. The zero-order valence-electron chi connectivity index (χ0n) is 14.8. The Morgan fingerprint density at radius 3 is 2.38 bits per heavy atom. The molecule has 0 radical (unpaired) electrons. The number of pyridine rings is 1. The van der Waals surface area contributed by atoms with Crippen LogP contribution in [0.2, 0.25) is 0 Å². The third kappa shape index (κ3) is 3.24. The summed E-state index contributed by atoms with van der Waals surface area (Å²) in [5, 5.41) is 9.94. The molecule has 0 aliphatic heterocycles. The maximum Gasteiger partial charge on any atom is 0.141 e. The summed E-state index contributed by atoms with van der Waals surface area (Å²) in [6, 6.07) is 15.8. The largest absolute Gasteiger partial charge is 0.368 e. The van der Waals surface area contributed by atoms with Gasteiger partial charge in [-0.15, -0.1) is 0 Å². The first-order valence-electron chi connectivity index (χ1n) is 9.39. The molecule has 2 fully saturated rings. The van der Waals surface area contributed by atoms with Gasteiger partial charge in [0.05, 0.1) is 30.0 Å². The van der Waals surface area contributed by atoms with Crippen LogP contribution in [0.4, 0.5) is 4.39 Å². The monoisotopic (exact) mass is 350 g/mol. The number of hydrogen-bond donors (Lipinski definition) is 0. The minimum atomic E-state index is -0.509. The molecule has 1 aromatic carbocycles. The van der Waals surface area contributed by atoms with Crippen LogP contribution < -0.4 is 0 Å². The van der Waals surface area contributed by atoms with Crippen molar-refractivity contribution in [3.05, 3.63) is 65.7 Å². The molecule has 4 heteroatoms. The Kier molecular flexibility index (Phi) is 4.50. The number of rotatable bonds is 5. The fourth-order valence-corrected chi connectivity index (χ4v) is 3.98. The highest BCUT2D eigenvalue weighted by Crippen LogP contribution is 2.49. The van der Waals surface area contributed by atoms with Crippen molar-refractivity contribution in [2.45, 2.75) is 49.5 Å². The van der Waals surface area contributed by atoms with Gasteiger partial charge in [-0.1, -0.05) is 30.3 Å². The Balaban J connectivity index is 1.60. The second-order valence-corrected chi connectivity index (χ2v) is 7.67. The van der Waals surface area contributed by atoms with Gasteiger partial charge in [0, 0.05) is 0 Å². The third-order valence-corrected chi connectivity index (χ3v) is 5.94. The number of nitriles is 1. The molecular weight excluding hydrogens is 327 g/mol. The van der Waals surface area contributed by atoms with Crippen LogP contribution in [0.25, 0.3) is 0 Å². The molecule has 2 aromatic rings. The fraction of sp³-hybridized carbons (Fsp3) is 0.455. The summed E-state index contributed by atoms with van der Waals surface area (Å²) in [7, 11) is 0. The molecular formula is C22H23FN2O. The highest BCUT2D eigenvalue weighted by atomic mass is 19.1. The van der Waals surface area contributed by atoms with Gasteiger partial charge in [0.1, 0.15) is 11.4 Å². The van der Waals surface area contributed by atoms with Crippen LogP contribution in [0.1, 0.15) is 49.8 Å². The van der Waals surface area contributed by atoms with Crippen molar-refractivity contribution < 1.29 is 9.13 Å². The maximum absolute atomic E-state index is 13.4. The number of halogens is 1. The Bertz CT molecular complexity index is 785. The molecule has 134 valence electrons. The molecule has 0 N–H and O–H groups in total. The van der Waals surface area contributed by atoms with Crippen molar-refractivity contribution in [1.82, 2.24) is 4.98 Å². The van der Waals surface area contributed by atoms with Crippen LogP contribution >= 0.6 is 0 Å². The number of ether oxygens (including phenoxy) is 1. The van der Waals surface area contributed by atoms with Gasteiger partial charge in [0.15, 0.2) is 0 Å². The lowest BCUT2D eigenvalue weighted by molar-refractivity contribution is -0.0909. The second kappa shape index (κ2) is 6.81. The van der Waals surface area contributed by atoms with Crippen molar-refractivity contribution in [2.75, 3.05) is 6.61 Å². The van der Waals surface area contributed by atoms with E-state index in [-0.39, 0.29) is 5.82 Å². The highest BCUT2D eigenvalue weighted by Gasteiger charge is 2.47.